The van der Waals surface area contributed by atoms with Gasteiger partial charge in [-0.15, -0.1) is 0 Å². The van der Waals surface area contributed by atoms with Crippen molar-refractivity contribution in [3.8, 4) is 17.2 Å². The molecule has 0 saturated carbocycles. The fourth-order valence-corrected chi connectivity index (χ4v) is 2.20. The number of aromatic hydroxyl groups is 2. The average molecular weight is 333 g/mol. The lowest BCUT2D eigenvalue weighted by atomic mass is 10.1. The Labute approximate surface area is 123 Å². The summed E-state index contributed by atoms with van der Waals surface area (Å²) >= 11 is 3.33. The monoisotopic (exact) mass is 332 g/mol. The van der Waals surface area contributed by atoms with Crippen LogP contribution in [0.4, 0.5) is 0 Å². The van der Waals surface area contributed by atoms with Crippen molar-refractivity contribution in [3.63, 3.8) is 0 Å². The van der Waals surface area contributed by atoms with Crippen LogP contribution in [0.25, 0.3) is 6.08 Å². The van der Waals surface area contributed by atoms with Gasteiger partial charge in [0, 0.05) is 4.47 Å². The largest absolute Gasteiger partial charge is 0.504 e. The van der Waals surface area contributed by atoms with Gasteiger partial charge in [-0.2, -0.15) is 0 Å². The third kappa shape index (κ3) is 2.06. The summed E-state index contributed by atoms with van der Waals surface area (Å²) in [6.45, 7) is 0. The highest BCUT2D eigenvalue weighted by molar-refractivity contribution is 9.10. The van der Waals surface area contributed by atoms with Crippen LogP contribution >= 0.6 is 15.9 Å². The van der Waals surface area contributed by atoms with Crippen molar-refractivity contribution < 1.29 is 19.7 Å². The lowest BCUT2D eigenvalue weighted by Gasteiger charge is -2.02. The molecule has 3 rings (SSSR count). The Balaban J connectivity index is 2.01. The molecule has 0 aromatic heterocycles. The predicted octanol–water partition coefficient (Wildman–Crippen LogP) is 3.48. The maximum absolute atomic E-state index is 12.1. The summed E-state index contributed by atoms with van der Waals surface area (Å²) in [5.41, 5.74) is 1.04. The zero-order valence-corrected chi connectivity index (χ0v) is 11.7. The van der Waals surface area contributed by atoms with E-state index in [0.29, 0.717) is 0 Å². The number of fused-ring (bicyclic) bond motifs is 1. The van der Waals surface area contributed by atoms with Gasteiger partial charge in [0.15, 0.2) is 17.3 Å². The van der Waals surface area contributed by atoms with Crippen LogP contribution in [-0.2, 0) is 0 Å². The molecule has 0 spiro atoms. The van der Waals surface area contributed by atoms with Crippen molar-refractivity contribution in [1.82, 2.24) is 0 Å². The number of carbonyl (C=O) groups excluding carboxylic acids is 1. The Kier molecular flexibility index (Phi) is 2.99. The summed E-state index contributed by atoms with van der Waals surface area (Å²) in [7, 11) is 0. The van der Waals surface area contributed by atoms with Crippen LogP contribution in [0.15, 0.2) is 46.6 Å². The molecule has 0 saturated heterocycles. The van der Waals surface area contributed by atoms with E-state index in [1.807, 2.05) is 24.3 Å². The molecule has 0 fully saturated rings. The van der Waals surface area contributed by atoms with E-state index in [1.54, 1.807) is 6.08 Å². The van der Waals surface area contributed by atoms with Crippen LogP contribution in [0, 0.1) is 0 Å². The molecule has 1 heterocycles. The summed E-state index contributed by atoms with van der Waals surface area (Å²) in [5.74, 6) is -0.948. The lowest BCUT2D eigenvalue weighted by molar-refractivity contribution is 0.101. The van der Waals surface area contributed by atoms with Gasteiger partial charge in [0.25, 0.3) is 0 Å². The third-order valence-electron chi connectivity index (χ3n) is 2.96. The van der Waals surface area contributed by atoms with E-state index in [4.69, 9.17) is 4.74 Å². The first kappa shape index (κ1) is 12.7. The molecular formula is C15H9BrO4. The Morgan fingerprint density at radius 2 is 1.75 bits per heavy atom. The molecule has 2 aromatic carbocycles. The number of benzene rings is 2. The minimum absolute atomic E-state index is 0.00152. The quantitative estimate of drug-likeness (QED) is 0.619. The number of ether oxygens (including phenoxy) is 1. The highest BCUT2D eigenvalue weighted by atomic mass is 79.9. The van der Waals surface area contributed by atoms with Gasteiger partial charge >= 0.3 is 0 Å². The Morgan fingerprint density at radius 3 is 2.45 bits per heavy atom. The van der Waals surface area contributed by atoms with E-state index < -0.39 is 5.75 Å². The summed E-state index contributed by atoms with van der Waals surface area (Å²) in [6.07, 6.45) is 1.59. The smallest absolute Gasteiger partial charge is 0.232 e. The third-order valence-corrected chi connectivity index (χ3v) is 3.49. The second-order valence-electron chi connectivity index (χ2n) is 4.30. The fraction of sp³-hybridized carbons (Fsp3) is 0. The molecule has 0 radical (unpaired) electrons. The van der Waals surface area contributed by atoms with Gasteiger partial charge in [0.1, 0.15) is 0 Å². The van der Waals surface area contributed by atoms with Crippen LogP contribution < -0.4 is 4.74 Å². The van der Waals surface area contributed by atoms with Crippen LogP contribution in [0.2, 0.25) is 0 Å². The topological polar surface area (TPSA) is 66.8 Å². The highest BCUT2D eigenvalue weighted by Crippen LogP contribution is 2.44. The molecule has 1 aliphatic heterocycles. The molecule has 1 aliphatic rings. The molecule has 2 aromatic rings. The second kappa shape index (κ2) is 4.68. The summed E-state index contributed by atoms with van der Waals surface area (Å²) < 4.78 is 6.29. The Morgan fingerprint density at radius 1 is 1.05 bits per heavy atom. The maximum Gasteiger partial charge on any atom is 0.232 e. The molecule has 0 unspecified atom stereocenters. The standard InChI is InChI=1S/C15H9BrO4/c16-9-3-1-8(2-4-9)7-12-13(18)10-5-6-11(17)14(19)15(10)20-12/h1-7,17,19H/b12-7-. The molecule has 2 N–H and O–H groups in total. The zero-order valence-electron chi connectivity index (χ0n) is 10.1. The van der Waals surface area contributed by atoms with Crippen LogP contribution in [0.5, 0.6) is 17.2 Å². The van der Waals surface area contributed by atoms with E-state index in [0.717, 1.165) is 10.0 Å². The first-order valence-electron chi connectivity index (χ1n) is 5.81. The molecule has 100 valence electrons. The number of Topliss-reactive ketones (excluding diaryl/α,β-unsaturated/α-hetero) is 1. The number of allylic oxidation sites excluding steroid dienone is 1. The maximum atomic E-state index is 12.1. The average Bonchev–Trinajstić information content (AvgIpc) is 2.75. The van der Waals surface area contributed by atoms with Gasteiger partial charge in [0.05, 0.1) is 5.56 Å². The number of ketones is 1. The van der Waals surface area contributed by atoms with Gasteiger partial charge < -0.3 is 14.9 Å². The van der Waals surface area contributed by atoms with Crippen molar-refractivity contribution in [1.29, 1.82) is 0 Å². The molecule has 0 bridgehead atoms. The molecule has 5 heteroatoms. The van der Waals surface area contributed by atoms with Crippen LogP contribution in [0.1, 0.15) is 15.9 Å². The first-order valence-corrected chi connectivity index (χ1v) is 6.60. The van der Waals surface area contributed by atoms with Gasteiger partial charge in [-0.3, -0.25) is 4.79 Å². The van der Waals surface area contributed by atoms with Crippen molar-refractivity contribution in [2.45, 2.75) is 0 Å². The minimum atomic E-state index is -0.421. The number of hydrogen-bond donors (Lipinski definition) is 2. The normalized spacial score (nSPS) is 15.2. The van der Waals surface area contributed by atoms with Gasteiger partial charge in [-0.25, -0.2) is 0 Å². The fourth-order valence-electron chi connectivity index (χ4n) is 1.94. The highest BCUT2D eigenvalue weighted by Gasteiger charge is 2.31. The van der Waals surface area contributed by atoms with Crippen molar-refractivity contribution in [2.75, 3.05) is 0 Å². The van der Waals surface area contributed by atoms with Crippen molar-refractivity contribution >= 4 is 27.8 Å². The van der Waals surface area contributed by atoms with Crippen LogP contribution in [0.3, 0.4) is 0 Å². The van der Waals surface area contributed by atoms with E-state index in [2.05, 4.69) is 15.9 Å². The van der Waals surface area contributed by atoms with Gasteiger partial charge in [0.2, 0.25) is 11.5 Å². The number of halogens is 1. The molecular weight excluding hydrogens is 324 g/mol. The van der Waals surface area contributed by atoms with E-state index in [-0.39, 0.29) is 28.6 Å². The number of phenolic OH excluding ortho intramolecular Hbond substituents is 2. The van der Waals surface area contributed by atoms with Crippen molar-refractivity contribution in [2.24, 2.45) is 0 Å². The minimum Gasteiger partial charge on any atom is -0.504 e. The second-order valence-corrected chi connectivity index (χ2v) is 5.22. The summed E-state index contributed by atoms with van der Waals surface area (Å²) in [5, 5.41) is 19.1. The number of hydrogen-bond acceptors (Lipinski definition) is 4. The zero-order chi connectivity index (χ0) is 14.3. The molecule has 0 atom stereocenters. The lowest BCUT2D eigenvalue weighted by Crippen LogP contribution is -1.97. The number of rotatable bonds is 1. The van der Waals surface area contributed by atoms with E-state index in [1.165, 1.54) is 12.1 Å². The predicted molar refractivity (Wildman–Crippen MR) is 76.8 cm³/mol. The SMILES string of the molecule is O=C1/C(=C/c2ccc(Br)cc2)Oc2c1ccc(O)c2O. The Hall–Kier alpha value is -2.27. The summed E-state index contributed by atoms with van der Waals surface area (Å²) in [6, 6.07) is 10.0. The van der Waals surface area contributed by atoms with Crippen molar-refractivity contribution in [3.05, 3.63) is 57.8 Å². The van der Waals surface area contributed by atoms with Gasteiger partial charge in [-0.1, -0.05) is 28.1 Å². The number of phenols is 2. The van der Waals surface area contributed by atoms with E-state index >= 15 is 0 Å². The molecule has 0 aliphatic carbocycles. The number of carbonyl (C=O) groups is 1. The molecule has 0 amide bonds. The molecule has 20 heavy (non-hydrogen) atoms. The summed E-state index contributed by atoms with van der Waals surface area (Å²) in [4.78, 5) is 12.1. The van der Waals surface area contributed by atoms with E-state index in [9.17, 15) is 15.0 Å². The molecule has 4 nitrogen and oxygen atoms in total. The Bertz CT molecular complexity index is 732. The first-order chi connectivity index (χ1) is 9.56. The van der Waals surface area contributed by atoms with Gasteiger partial charge in [-0.05, 0) is 35.9 Å². The van der Waals surface area contributed by atoms with Crippen LogP contribution in [-0.4, -0.2) is 16.0 Å².